The van der Waals surface area contributed by atoms with Gasteiger partial charge in [0.1, 0.15) is 0 Å². The number of nitrogens with one attached hydrogen (secondary N) is 1. The molecule has 6 nitrogen and oxygen atoms in total. The molecule has 0 saturated carbocycles. The van der Waals surface area contributed by atoms with Crippen molar-refractivity contribution in [2.75, 3.05) is 26.2 Å². The Kier molecular flexibility index (Phi) is 5.04. The Morgan fingerprint density at radius 2 is 1.92 bits per heavy atom. The lowest BCUT2D eigenvalue weighted by molar-refractivity contribution is -0.121. The van der Waals surface area contributed by atoms with Gasteiger partial charge >= 0.3 is 6.03 Å². The van der Waals surface area contributed by atoms with Crippen molar-refractivity contribution in [2.45, 2.75) is 31.8 Å². The van der Waals surface area contributed by atoms with Crippen LogP contribution < -0.4 is 11.1 Å². The van der Waals surface area contributed by atoms with Gasteiger partial charge in [-0.2, -0.15) is 0 Å². The monoisotopic (exact) mass is 330 g/mol. The summed E-state index contributed by atoms with van der Waals surface area (Å²) in [6.45, 7) is 5.09. The third-order valence-electron chi connectivity index (χ3n) is 5.25. The van der Waals surface area contributed by atoms with Crippen LogP contribution in [0, 0.1) is 5.92 Å². The van der Waals surface area contributed by atoms with Crippen molar-refractivity contribution >= 4 is 11.9 Å². The number of likely N-dealkylation sites (tertiary alicyclic amines) is 2. The highest BCUT2D eigenvalue weighted by Crippen LogP contribution is 2.24. The van der Waals surface area contributed by atoms with Crippen LogP contribution in [0.5, 0.6) is 0 Å². The lowest BCUT2D eigenvalue weighted by Crippen LogP contribution is -2.45. The Bertz CT molecular complexity index is 592. The molecule has 0 radical (unpaired) electrons. The second-order valence-electron chi connectivity index (χ2n) is 6.85. The average Bonchev–Trinajstić information content (AvgIpc) is 3.24. The topological polar surface area (TPSA) is 78.7 Å². The number of nitrogens with zero attached hydrogens (tertiary/aromatic N) is 2. The molecule has 130 valence electrons. The van der Waals surface area contributed by atoms with E-state index >= 15 is 0 Å². The SMILES string of the molecule is C[C@H](c1ccccc1)N1CC[C@H](NC(=O)N2CC[C@@H](C(N)=O)C2)C1. The lowest BCUT2D eigenvalue weighted by Gasteiger charge is -2.25. The van der Waals surface area contributed by atoms with E-state index in [9.17, 15) is 9.59 Å². The summed E-state index contributed by atoms with van der Waals surface area (Å²) in [5.74, 6) is -0.511. The summed E-state index contributed by atoms with van der Waals surface area (Å²) in [5.41, 5.74) is 6.63. The van der Waals surface area contributed by atoms with Crippen molar-refractivity contribution in [3.05, 3.63) is 35.9 Å². The number of hydrogen-bond donors (Lipinski definition) is 2. The van der Waals surface area contributed by atoms with Gasteiger partial charge in [0.25, 0.3) is 0 Å². The molecule has 0 spiro atoms. The Balaban J connectivity index is 1.49. The molecule has 3 N–H and O–H groups in total. The van der Waals surface area contributed by atoms with Crippen molar-refractivity contribution in [3.63, 3.8) is 0 Å². The number of hydrogen-bond acceptors (Lipinski definition) is 3. The zero-order chi connectivity index (χ0) is 17.1. The number of carbonyl (C=O) groups is 2. The van der Waals surface area contributed by atoms with E-state index in [4.69, 9.17) is 5.73 Å². The van der Waals surface area contributed by atoms with Gasteiger partial charge in [0, 0.05) is 38.3 Å². The van der Waals surface area contributed by atoms with Gasteiger partial charge in [0.05, 0.1) is 5.92 Å². The molecule has 0 aromatic heterocycles. The number of nitrogens with two attached hydrogens (primary N) is 1. The first kappa shape index (κ1) is 16.8. The molecule has 1 aromatic carbocycles. The maximum absolute atomic E-state index is 12.4. The van der Waals surface area contributed by atoms with Gasteiger partial charge in [-0.3, -0.25) is 9.69 Å². The van der Waals surface area contributed by atoms with E-state index in [1.54, 1.807) is 4.90 Å². The number of carbonyl (C=O) groups excluding carboxylic acids is 2. The summed E-state index contributed by atoms with van der Waals surface area (Å²) in [4.78, 5) is 27.7. The second-order valence-corrected chi connectivity index (χ2v) is 6.85. The molecule has 0 aliphatic carbocycles. The lowest BCUT2D eigenvalue weighted by atomic mass is 10.1. The minimum Gasteiger partial charge on any atom is -0.369 e. The number of benzene rings is 1. The van der Waals surface area contributed by atoms with E-state index in [0.29, 0.717) is 25.6 Å². The minimum absolute atomic E-state index is 0.0713. The smallest absolute Gasteiger partial charge is 0.317 e. The summed E-state index contributed by atoms with van der Waals surface area (Å²) in [6.07, 6.45) is 1.63. The van der Waals surface area contributed by atoms with Crippen LogP contribution in [0.2, 0.25) is 0 Å². The molecule has 2 saturated heterocycles. The number of rotatable bonds is 4. The van der Waals surface area contributed by atoms with Crippen LogP contribution in [0.4, 0.5) is 4.79 Å². The fraction of sp³-hybridized carbons (Fsp3) is 0.556. The Hall–Kier alpha value is -2.08. The Labute approximate surface area is 143 Å². The summed E-state index contributed by atoms with van der Waals surface area (Å²) in [6, 6.07) is 10.9. The Morgan fingerprint density at radius 3 is 2.58 bits per heavy atom. The number of primary amides is 1. The first-order valence-corrected chi connectivity index (χ1v) is 8.68. The molecule has 3 rings (SSSR count). The van der Waals surface area contributed by atoms with E-state index in [1.165, 1.54) is 5.56 Å². The van der Waals surface area contributed by atoms with Crippen LogP contribution in [0.3, 0.4) is 0 Å². The van der Waals surface area contributed by atoms with Crippen LogP contribution in [-0.2, 0) is 4.79 Å². The second kappa shape index (κ2) is 7.21. The molecule has 2 fully saturated rings. The normalized spacial score (nSPS) is 25.6. The number of amides is 3. The molecule has 2 aliphatic rings. The van der Waals surface area contributed by atoms with Crippen LogP contribution >= 0.6 is 0 Å². The molecule has 0 unspecified atom stereocenters. The van der Waals surface area contributed by atoms with Gasteiger partial charge in [0.15, 0.2) is 0 Å². The quantitative estimate of drug-likeness (QED) is 0.874. The average molecular weight is 330 g/mol. The molecule has 24 heavy (non-hydrogen) atoms. The molecule has 0 bridgehead atoms. The van der Waals surface area contributed by atoms with Crippen LogP contribution in [0.15, 0.2) is 30.3 Å². The highest BCUT2D eigenvalue weighted by molar-refractivity contribution is 5.80. The summed E-state index contributed by atoms with van der Waals surface area (Å²) in [5, 5.41) is 3.11. The van der Waals surface area contributed by atoms with Crippen LogP contribution in [-0.4, -0.2) is 54.0 Å². The molecular formula is C18H26N4O2. The third-order valence-corrected chi connectivity index (χ3v) is 5.25. The highest BCUT2D eigenvalue weighted by atomic mass is 16.2. The number of urea groups is 1. The van der Waals surface area contributed by atoms with Gasteiger partial charge in [0.2, 0.25) is 5.91 Å². The molecule has 1 aromatic rings. The molecule has 6 heteroatoms. The standard InChI is InChI=1S/C18H26N4O2/c1-13(14-5-3-2-4-6-14)21-10-8-16(12-21)20-18(24)22-9-7-15(11-22)17(19)23/h2-6,13,15-16H,7-12H2,1H3,(H2,19,23)(H,20,24)/t13-,15-,16+/m1/s1. The van der Waals surface area contributed by atoms with Crippen molar-refractivity contribution < 1.29 is 9.59 Å². The van der Waals surface area contributed by atoms with E-state index in [-0.39, 0.29) is 23.9 Å². The van der Waals surface area contributed by atoms with Gasteiger partial charge < -0.3 is 16.0 Å². The fourth-order valence-corrected chi connectivity index (χ4v) is 3.64. The first-order valence-electron chi connectivity index (χ1n) is 8.68. The van der Waals surface area contributed by atoms with Gasteiger partial charge in [-0.1, -0.05) is 30.3 Å². The van der Waals surface area contributed by atoms with Gasteiger partial charge in [-0.15, -0.1) is 0 Å². The van der Waals surface area contributed by atoms with E-state index in [0.717, 1.165) is 19.5 Å². The highest BCUT2D eigenvalue weighted by Gasteiger charge is 2.32. The van der Waals surface area contributed by atoms with Crippen LogP contribution in [0.25, 0.3) is 0 Å². The zero-order valence-corrected chi connectivity index (χ0v) is 14.1. The van der Waals surface area contributed by atoms with Crippen molar-refractivity contribution in [1.29, 1.82) is 0 Å². The predicted octanol–water partition coefficient (Wildman–Crippen LogP) is 1.34. The molecular weight excluding hydrogens is 304 g/mol. The third kappa shape index (κ3) is 3.70. The van der Waals surface area contributed by atoms with Crippen LogP contribution in [0.1, 0.15) is 31.4 Å². The van der Waals surface area contributed by atoms with Crippen molar-refractivity contribution in [3.8, 4) is 0 Å². The fourth-order valence-electron chi connectivity index (χ4n) is 3.64. The van der Waals surface area contributed by atoms with Crippen molar-refractivity contribution in [1.82, 2.24) is 15.1 Å². The first-order chi connectivity index (χ1) is 11.5. The Morgan fingerprint density at radius 1 is 1.17 bits per heavy atom. The molecule has 2 heterocycles. The van der Waals surface area contributed by atoms with E-state index < -0.39 is 0 Å². The van der Waals surface area contributed by atoms with Gasteiger partial charge in [-0.25, -0.2) is 4.79 Å². The van der Waals surface area contributed by atoms with E-state index in [1.807, 2.05) is 6.07 Å². The minimum atomic E-state index is -0.311. The largest absolute Gasteiger partial charge is 0.369 e. The van der Waals surface area contributed by atoms with E-state index in [2.05, 4.69) is 41.4 Å². The maximum atomic E-state index is 12.4. The predicted molar refractivity (Wildman–Crippen MR) is 92.2 cm³/mol. The summed E-state index contributed by atoms with van der Waals surface area (Å²) >= 11 is 0. The summed E-state index contributed by atoms with van der Waals surface area (Å²) < 4.78 is 0. The summed E-state index contributed by atoms with van der Waals surface area (Å²) in [7, 11) is 0. The zero-order valence-electron chi connectivity index (χ0n) is 14.1. The van der Waals surface area contributed by atoms with Crippen molar-refractivity contribution in [2.24, 2.45) is 11.7 Å². The molecule has 2 aliphatic heterocycles. The molecule has 3 amide bonds. The van der Waals surface area contributed by atoms with Gasteiger partial charge in [-0.05, 0) is 25.3 Å². The molecule has 3 atom stereocenters. The maximum Gasteiger partial charge on any atom is 0.317 e.